The molecule has 2 aliphatic heterocycles. The third-order valence-electron chi connectivity index (χ3n) is 7.73. The van der Waals surface area contributed by atoms with Gasteiger partial charge in [0.15, 0.2) is 12.1 Å². The smallest absolute Gasteiger partial charge is 0.311 e. The highest BCUT2D eigenvalue weighted by atomic mass is 16.7. The molecule has 2 aliphatic rings. The zero-order valence-electron chi connectivity index (χ0n) is 23.5. The molecule has 2 N–H and O–H groups in total. The number of hydrogen-bond donors (Lipinski definition) is 2. The van der Waals surface area contributed by atoms with Gasteiger partial charge in [0.1, 0.15) is 12.2 Å². The summed E-state index contributed by atoms with van der Waals surface area (Å²) in [6.45, 7) is 13.1. The van der Waals surface area contributed by atoms with Gasteiger partial charge in [0.2, 0.25) is 0 Å². The predicted molar refractivity (Wildman–Crippen MR) is 138 cm³/mol. The second-order valence-corrected chi connectivity index (χ2v) is 11.2. The molecule has 0 aromatic heterocycles. The van der Waals surface area contributed by atoms with Crippen molar-refractivity contribution in [2.24, 2.45) is 23.7 Å². The van der Waals surface area contributed by atoms with Crippen LogP contribution in [0.15, 0.2) is 11.6 Å². The molecule has 0 amide bonds. The number of hydrogen-bond acceptors (Lipinski definition) is 8. The van der Waals surface area contributed by atoms with Crippen molar-refractivity contribution in [1.82, 2.24) is 4.90 Å². The number of nitrogens with zero attached hydrogens (tertiary/aromatic N) is 1. The third kappa shape index (κ3) is 7.84. The number of carbonyl (C=O) groups is 2. The number of likely N-dealkylation sites (N-methyl/N-ethyl adjacent to an activating group) is 1. The Balaban J connectivity index is 2.36. The summed E-state index contributed by atoms with van der Waals surface area (Å²) in [5, 5.41) is 22.0. The fourth-order valence-electron chi connectivity index (χ4n) is 5.27. The number of allylic oxidation sites excluding steroid dienone is 1. The lowest BCUT2D eigenvalue weighted by molar-refractivity contribution is -0.270. The number of esters is 1. The molecule has 0 bridgehead atoms. The number of rotatable bonds is 4. The van der Waals surface area contributed by atoms with Gasteiger partial charge in [-0.15, -0.1) is 0 Å². The third-order valence-corrected chi connectivity index (χ3v) is 7.73. The van der Waals surface area contributed by atoms with E-state index in [9.17, 15) is 19.8 Å². The zero-order chi connectivity index (χ0) is 27.3. The van der Waals surface area contributed by atoms with Crippen LogP contribution in [0.2, 0.25) is 0 Å². The minimum Gasteiger partial charge on any atom is -0.461 e. The minimum atomic E-state index is -1.13. The van der Waals surface area contributed by atoms with Gasteiger partial charge >= 0.3 is 5.97 Å². The molecule has 0 aliphatic carbocycles. The number of ketones is 1. The van der Waals surface area contributed by atoms with Crippen LogP contribution >= 0.6 is 0 Å². The molecule has 0 aromatic carbocycles. The van der Waals surface area contributed by atoms with Gasteiger partial charge in [0.25, 0.3) is 0 Å². The molecule has 8 heteroatoms. The molecule has 1 fully saturated rings. The quantitative estimate of drug-likeness (QED) is 0.556. The average molecular weight is 511 g/mol. The Morgan fingerprint density at radius 1 is 1.08 bits per heavy atom. The Kier molecular flexibility index (Phi) is 11.6. The van der Waals surface area contributed by atoms with Crippen molar-refractivity contribution < 1.29 is 34.0 Å². The lowest BCUT2D eigenvalue weighted by atomic mass is 9.84. The molecule has 0 spiro atoms. The number of aliphatic hydroxyl groups is 2. The molecule has 207 valence electrons. The summed E-state index contributed by atoms with van der Waals surface area (Å²) in [4.78, 5) is 28.0. The number of ether oxygens (including phenoxy) is 3. The highest BCUT2D eigenvalue weighted by Crippen LogP contribution is 2.31. The van der Waals surface area contributed by atoms with Crippen LogP contribution in [0.3, 0.4) is 0 Å². The number of aliphatic hydroxyl groups excluding tert-OH is 2. The summed E-state index contributed by atoms with van der Waals surface area (Å²) in [7, 11) is 3.81. The SMILES string of the molecule is CC[C@H]1OC(=O)[C@H](C)[C@@H](O)[CH][C@@H](OC2OC(C)CC(N(C)C)C2O)[C@@H](C)C[C@@H](C)C(=O)/C(C)=C/[C@H]1C. The van der Waals surface area contributed by atoms with Crippen LogP contribution in [0.5, 0.6) is 0 Å². The first-order chi connectivity index (χ1) is 16.8. The van der Waals surface area contributed by atoms with Crippen LogP contribution in [0, 0.1) is 30.1 Å². The highest BCUT2D eigenvalue weighted by molar-refractivity contribution is 5.96. The summed E-state index contributed by atoms with van der Waals surface area (Å²) in [5.74, 6) is -1.85. The molecule has 1 radical (unpaired) electrons. The van der Waals surface area contributed by atoms with E-state index in [1.807, 2.05) is 66.6 Å². The van der Waals surface area contributed by atoms with E-state index in [4.69, 9.17) is 14.2 Å². The molecule has 2 heterocycles. The lowest BCUT2D eigenvalue weighted by Crippen LogP contribution is -2.55. The predicted octanol–water partition coefficient (Wildman–Crippen LogP) is 3.15. The number of Topliss-reactive ketones (excluding diaryl/α,β-unsaturated/α-hetero) is 1. The van der Waals surface area contributed by atoms with Crippen molar-refractivity contribution >= 4 is 11.8 Å². The molecule has 8 nitrogen and oxygen atoms in total. The van der Waals surface area contributed by atoms with Crippen LogP contribution in [0.4, 0.5) is 0 Å². The largest absolute Gasteiger partial charge is 0.461 e. The van der Waals surface area contributed by atoms with Crippen molar-refractivity contribution in [3.63, 3.8) is 0 Å². The molecular formula is C28H48NO7. The van der Waals surface area contributed by atoms with E-state index in [0.29, 0.717) is 24.8 Å². The van der Waals surface area contributed by atoms with E-state index in [-0.39, 0.29) is 35.7 Å². The normalized spacial score (nSPS) is 43.4. The van der Waals surface area contributed by atoms with E-state index in [0.717, 1.165) is 0 Å². The Bertz CT molecular complexity index is 769. The molecule has 0 saturated carbocycles. The van der Waals surface area contributed by atoms with Gasteiger partial charge < -0.3 is 29.3 Å². The molecule has 36 heavy (non-hydrogen) atoms. The second kappa shape index (κ2) is 13.5. The van der Waals surface area contributed by atoms with Crippen LogP contribution in [-0.4, -0.2) is 83.8 Å². The van der Waals surface area contributed by atoms with Gasteiger partial charge in [-0.2, -0.15) is 0 Å². The van der Waals surface area contributed by atoms with Crippen LogP contribution in [-0.2, 0) is 23.8 Å². The zero-order valence-corrected chi connectivity index (χ0v) is 23.5. The van der Waals surface area contributed by atoms with Gasteiger partial charge in [-0.25, -0.2) is 0 Å². The molecule has 1 saturated heterocycles. The summed E-state index contributed by atoms with van der Waals surface area (Å²) >= 11 is 0. The molecular weight excluding hydrogens is 462 g/mol. The average Bonchev–Trinajstić information content (AvgIpc) is 2.81. The van der Waals surface area contributed by atoms with Gasteiger partial charge in [-0.1, -0.05) is 33.8 Å². The van der Waals surface area contributed by atoms with Crippen molar-refractivity contribution in [3.05, 3.63) is 18.1 Å². The first-order valence-corrected chi connectivity index (χ1v) is 13.4. The number of cyclic esters (lactones) is 1. The highest BCUT2D eigenvalue weighted by Gasteiger charge is 2.41. The summed E-state index contributed by atoms with van der Waals surface area (Å²) in [5.41, 5.74) is 0.650. The minimum absolute atomic E-state index is 0.0369. The lowest BCUT2D eigenvalue weighted by Gasteiger charge is -2.43. The fourth-order valence-corrected chi connectivity index (χ4v) is 5.27. The van der Waals surface area contributed by atoms with Crippen molar-refractivity contribution in [3.8, 4) is 0 Å². The fraction of sp³-hybridized carbons (Fsp3) is 0.821. The topological polar surface area (TPSA) is 106 Å². The monoisotopic (exact) mass is 510 g/mol. The first-order valence-electron chi connectivity index (χ1n) is 13.4. The Morgan fingerprint density at radius 3 is 2.31 bits per heavy atom. The maximum absolute atomic E-state index is 13.1. The first kappa shape index (κ1) is 30.9. The van der Waals surface area contributed by atoms with E-state index in [2.05, 4.69) is 0 Å². The van der Waals surface area contributed by atoms with Crippen LogP contribution in [0.1, 0.15) is 67.7 Å². The van der Waals surface area contributed by atoms with E-state index >= 15 is 0 Å². The van der Waals surface area contributed by atoms with Crippen LogP contribution in [0.25, 0.3) is 0 Å². The maximum atomic E-state index is 13.1. The number of carbonyl (C=O) groups excluding carboxylic acids is 2. The Morgan fingerprint density at radius 2 is 1.72 bits per heavy atom. The summed E-state index contributed by atoms with van der Waals surface area (Å²) in [6.07, 6.45) is 1.14. The summed E-state index contributed by atoms with van der Waals surface area (Å²) < 4.78 is 18.0. The van der Waals surface area contributed by atoms with Gasteiger partial charge in [0, 0.05) is 24.3 Å². The molecule has 2 rings (SSSR count). The standard InChI is InChI=1S/C28H48NO7/c1-10-23-15(2)11-17(4)25(31)18(5)12-16(3)24(14-22(30)20(7)27(33)35-23)36-28-26(32)21(29(8)9)13-19(6)34-28/h11,14-16,18-24,26,28,30,32H,10,12-13H2,1-9H3/b17-11+/t15-,16+,18-,19?,20-,21?,22+,23-,24-,26?,28?/m1/s1. The van der Waals surface area contributed by atoms with E-state index in [1.54, 1.807) is 13.3 Å². The Hall–Kier alpha value is -1.32. The van der Waals surface area contributed by atoms with Crippen molar-refractivity contribution in [2.45, 2.75) is 111 Å². The summed E-state index contributed by atoms with van der Waals surface area (Å²) in [6, 6.07) is -0.146. The van der Waals surface area contributed by atoms with Gasteiger partial charge in [-0.05, 0) is 65.6 Å². The second-order valence-electron chi connectivity index (χ2n) is 11.2. The Labute approximate surface area is 217 Å². The van der Waals surface area contributed by atoms with Crippen LogP contribution < -0.4 is 0 Å². The van der Waals surface area contributed by atoms with Crippen molar-refractivity contribution in [1.29, 1.82) is 0 Å². The molecule has 11 atom stereocenters. The van der Waals surface area contributed by atoms with Gasteiger partial charge in [0.05, 0.1) is 24.2 Å². The van der Waals surface area contributed by atoms with Gasteiger partial charge in [-0.3, -0.25) is 9.59 Å². The molecule has 4 unspecified atom stereocenters. The van der Waals surface area contributed by atoms with E-state index in [1.165, 1.54) is 0 Å². The van der Waals surface area contributed by atoms with Crippen molar-refractivity contribution in [2.75, 3.05) is 14.1 Å². The maximum Gasteiger partial charge on any atom is 0.311 e. The molecule has 0 aromatic rings. The van der Waals surface area contributed by atoms with E-state index < -0.39 is 42.6 Å².